The Kier molecular flexibility index (Phi) is 5.52. The monoisotopic (exact) mass is 438 g/mol. The van der Waals surface area contributed by atoms with E-state index >= 15 is 0 Å². The number of hydrogen-bond donors (Lipinski definition) is 1. The molecular weight excluding hydrogens is 416 g/mol. The van der Waals surface area contributed by atoms with Gasteiger partial charge in [0.2, 0.25) is 0 Å². The lowest BCUT2D eigenvalue weighted by Gasteiger charge is -2.39. The number of rotatable bonds is 3. The fourth-order valence-corrected chi connectivity index (χ4v) is 5.36. The van der Waals surface area contributed by atoms with Crippen LogP contribution in [0.2, 0.25) is 5.02 Å². The molecule has 8 nitrogen and oxygen atoms in total. The van der Waals surface area contributed by atoms with Gasteiger partial charge in [0, 0.05) is 24.7 Å². The topological polar surface area (TPSA) is 103 Å². The number of aromatic nitrogens is 2. The van der Waals surface area contributed by atoms with Crippen LogP contribution in [0.4, 0.5) is 4.79 Å². The Balaban J connectivity index is 1.47. The fourth-order valence-electron chi connectivity index (χ4n) is 3.98. The third-order valence-corrected chi connectivity index (χ3v) is 7.41. The highest BCUT2D eigenvalue weighted by Crippen LogP contribution is 2.23. The van der Waals surface area contributed by atoms with Crippen LogP contribution >= 0.6 is 11.6 Å². The first-order valence-corrected chi connectivity index (χ1v) is 12.0. The smallest absolute Gasteiger partial charge is 0.320 e. The summed E-state index contributed by atoms with van der Waals surface area (Å²) in [6.07, 6.45) is 2.44. The van der Waals surface area contributed by atoms with E-state index in [-0.39, 0.29) is 42.8 Å². The highest BCUT2D eigenvalue weighted by Gasteiger charge is 2.36. The molecule has 1 aromatic carbocycles. The van der Waals surface area contributed by atoms with E-state index in [1.165, 1.54) is 0 Å². The lowest BCUT2D eigenvalue weighted by atomic mass is 9.97. The molecule has 2 aliphatic rings. The lowest BCUT2D eigenvalue weighted by molar-refractivity contribution is -0.124. The van der Waals surface area contributed by atoms with E-state index in [0.29, 0.717) is 23.8 Å². The molecule has 1 atom stereocenters. The van der Waals surface area contributed by atoms with Crippen LogP contribution < -0.4 is 0 Å². The number of sulfone groups is 1. The molecule has 0 unspecified atom stereocenters. The lowest BCUT2D eigenvalue weighted by Crippen LogP contribution is -2.56. The summed E-state index contributed by atoms with van der Waals surface area (Å²) < 4.78 is 23.3. The van der Waals surface area contributed by atoms with E-state index in [1.807, 2.05) is 0 Å². The highest BCUT2D eigenvalue weighted by atomic mass is 35.5. The number of hydrogen-bond acceptors (Lipinski definition) is 5. The first kappa shape index (κ1) is 20.2. The van der Waals surface area contributed by atoms with E-state index in [9.17, 15) is 18.0 Å². The number of amides is 2. The molecule has 29 heavy (non-hydrogen) atoms. The first-order chi connectivity index (χ1) is 13.8. The van der Waals surface area contributed by atoms with E-state index in [0.717, 1.165) is 23.9 Å². The van der Waals surface area contributed by atoms with Crippen LogP contribution in [0, 0.1) is 0 Å². The Labute approximate surface area is 174 Å². The number of H-pyrrole nitrogens is 1. The number of aromatic amines is 1. The molecule has 2 aliphatic heterocycles. The minimum Gasteiger partial charge on any atom is -0.342 e. The second kappa shape index (κ2) is 7.95. The highest BCUT2D eigenvalue weighted by molar-refractivity contribution is 7.91. The zero-order chi connectivity index (χ0) is 20.6. The van der Waals surface area contributed by atoms with Crippen LogP contribution in [-0.2, 0) is 21.1 Å². The van der Waals surface area contributed by atoms with E-state index < -0.39 is 15.9 Å². The molecule has 0 radical (unpaired) electrons. The quantitative estimate of drug-likeness (QED) is 0.789. The van der Waals surface area contributed by atoms with Crippen LogP contribution in [0.3, 0.4) is 0 Å². The predicted molar refractivity (Wildman–Crippen MR) is 110 cm³/mol. The molecule has 2 fully saturated rings. The van der Waals surface area contributed by atoms with Crippen molar-refractivity contribution in [3.8, 4) is 0 Å². The van der Waals surface area contributed by atoms with Crippen molar-refractivity contribution in [3.63, 3.8) is 0 Å². The van der Waals surface area contributed by atoms with Crippen molar-refractivity contribution in [2.24, 2.45) is 0 Å². The maximum Gasteiger partial charge on any atom is 0.320 e. The van der Waals surface area contributed by atoms with Gasteiger partial charge >= 0.3 is 6.03 Å². The zero-order valence-corrected chi connectivity index (χ0v) is 17.5. The standard InChI is InChI=1S/C19H23ClN4O4S/c20-13-4-5-14-15(11-13)22-18(21-14)12-17(25)16-3-1-2-6-24(16)19(26)23-7-9-29(27,28)10-8-23/h4-5,11,16H,1-3,6-10,12H2,(H,21,22)/t16-/m0/s1. The maximum atomic E-state index is 13.0. The molecule has 0 aliphatic carbocycles. The molecule has 4 rings (SSSR count). The average molecular weight is 439 g/mol. The molecule has 0 saturated carbocycles. The van der Waals surface area contributed by atoms with E-state index in [4.69, 9.17) is 11.6 Å². The number of piperidine rings is 1. The number of nitrogens with zero attached hydrogens (tertiary/aromatic N) is 3. The molecule has 2 amide bonds. The van der Waals surface area contributed by atoms with Crippen molar-refractivity contribution in [3.05, 3.63) is 29.0 Å². The Morgan fingerprint density at radius 2 is 1.93 bits per heavy atom. The van der Waals surface area contributed by atoms with Crippen LogP contribution in [0.5, 0.6) is 0 Å². The minimum absolute atomic E-state index is 0.0211. The molecule has 1 aromatic heterocycles. The molecule has 0 bridgehead atoms. The number of imidazole rings is 1. The number of benzene rings is 1. The molecule has 10 heteroatoms. The van der Waals surface area contributed by atoms with Gasteiger partial charge in [0.05, 0.1) is 35.0 Å². The van der Waals surface area contributed by atoms with Gasteiger partial charge in [-0.3, -0.25) is 4.79 Å². The summed E-state index contributed by atoms with van der Waals surface area (Å²) >= 11 is 6.00. The van der Waals surface area contributed by atoms with Gasteiger partial charge in [-0.25, -0.2) is 18.2 Å². The van der Waals surface area contributed by atoms with Gasteiger partial charge in [0.25, 0.3) is 0 Å². The number of ketones is 1. The number of urea groups is 1. The number of Topliss-reactive ketones (excluding diaryl/α,β-unsaturated/α-hetero) is 1. The molecular formula is C19H23ClN4O4S. The first-order valence-electron chi connectivity index (χ1n) is 9.75. The van der Waals surface area contributed by atoms with Gasteiger partial charge in [-0.1, -0.05) is 11.6 Å². The van der Waals surface area contributed by atoms with Crippen LogP contribution in [0.1, 0.15) is 25.1 Å². The summed E-state index contributed by atoms with van der Waals surface area (Å²) in [5.74, 6) is 0.446. The summed E-state index contributed by atoms with van der Waals surface area (Å²) in [6, 6.07) is 4.55. The van der Waals surface area contributed by atoms with Crippen LogP contribution in [-0.4, -0.2) is 77.2 Å². The second-order valence-corrected chi connectivity index (χ2v) is 10.4. The number of carbonyl (C=O) groups excluding carboxylic acids is 2. The SMILES string of the molecule is O=C(Cc1nc2ccc(Cl)cc2[nH]1)[C@@H]1CCCCN1C(=O)N1CCS(=O)(=O)CC1. The van der Waals surface area contributed by atoms with Gasteiger partial charge in [-0.05, 0) is 37.5 Å². The van der Waals surface area contributed by atoms with Gasteiger partial charge in [0.1, 0.15) is 5.82 Å². The van der Waals surface area contributed by atoms with Crippen molar-refractivity contribution in [1.82, 2.24) is 19.8 Å². The molecule has 156 valence electrons. The third-order valence-electron chi connectivity index (χ3n) is 5.57. The van der Waals surface area contributed by atoms with E-state index in [1.54, 1.807) is 28.0 Å². The van der Waals surface area contributed by atoms with Crippen LogP contribution in [0.25, 0.3) is 11.0 Å². The summed E-state index contributed by atoms with van der Waals surface area (Å²) in [6.45, 7) is 0.875. The summed E-state index contributed by atoms with van der Waals surface area (Å²) in [7, 11) is -3.07. The molecule has 2 aromatic rings. The molecule has 0 spiro atoms. The van der Waals surface area contributed by atoms with E-state index in [2.05, 4.69) is 9.97 Å². The van der Waals surface area contributed by atoms with Crippen molar-refractivity contribution in [1.29, 1.82) is 0 Å². The summed E-state index contributed by atoms with van der Waals surface area (Å²) in [4.78, 5) is 36.7. The minimum atomic E-state index is -3.07. The predicted octanol–water partition coefficient (Wildman–Crippen LogP) is 2.03. The van der Waals surface area contributed by atoms with Crippen LogP contribution in [0.15, 0.2) is 18.2 Å². The zero-order valence-electron chi connectivity index (χ0n) is 15.9. The normalized spacial score (nSPS) is 22.0. The van der Waals surface area contributed by atoms with Gasteiger partial charge in [-0.2, -0.15) is 0 Å². The Morgan fingerprint density at radius 3 is 2.69 bits per heavy atom. The summed E-state index contributed by atoms with van der Waals surface area (Å²) in [5.41, 5.74) is 1.51. The number of nitrogens with one attached hydrogen (secondary N) is 1. The summed E-state index contributed by atoms with van der Waals surface area (Å²) in [5, 5.41) is 0.589. The van der Waals surface area contributed by atoms with Crippen molar-refractivity contribution in [2.45, 2.75) is 31.7 Å². The third kappa shape index (κ3) is 4.40. The van der Waals surface area contributed by atoms with Gasteiger partial charge in [0.15, 0.2) is 15.6 Å². The molecule has 1 N–H and O–H groups in total. The average Bonchev–Trinajstić information content (AvgIpc) is 3.08. The Morgan fingerprint density at radius 1 is 1.17 bits per heavy atom. The maximum absolute atomic E-state index is 13.0. The largest absolute Gasteiger partial charge is 0.342 e. The fraction of sp³-hybridized carbons (Fsp3) is 0.526. The number of likely N-dealkylation sites (tertiary alicyclic amines) is 1. The van der Waals surface area contributed by atoms with Crippen molar-refractivity contribution in [2.75, 3.05) is 31.1 Å². The Hall–Kier alpha value is -2.13. The molecule has 3 heterocycles. The number of fused-ring (bicyclic) bond motifs is 1. The van der Waals surface area contributed by atoms with Crippen molar-refractivity contribution < 1.29 is 18.0 Å². The van der Waals surface area contributed by atoms with Gasteiger partial charge in [-0.15, -0.1) is 0 Å². The number of carbonyl (C=O) groups is 2. The molecule has 2 saturated heterocycles. The van der Waals surface area contributed by atoms with Gasteiger partial charge < -0.3 is 14.8 Å². The Bertz CT molecular complexity index is 1040. The number of halogens is 1. The van der Waals surface area contributed by atoms with Crippen molar-refractivity contribution >= 4 is 44.3 Å². The second-order valence-electron chi connectivity index (χ2n) is 7.61.